The van der Waals surface area contributed by atoms with E-state index in [1.807, 2.05) is 66.7 Å². The second kappa shape index (κ2) is 17.5. The number of hydrogen-bond acceptors (Lipinski definition) is 8. The first-order valence-electron chi connectivity index (χ1n) is 17.6. The SMILES string of the molecule is COC(=O)[C@@H]1CC=CCc2cc3ccccc3c(c2OC)-c2c(OC)c(cc3ccccc23)CC(NC(C)=O)C(=O)N[C@@H](CCCNC(C)=N)C(=O)N1. The molecule has 0 spiro atoms. The third kappa shape index (κ3) is 8.94. The van der Waals surface area contributed by atoms with Gasteiger partial charge in [0.1, 0.15) is 29.6 Å². The third-order valence-corrected chi connectivity index (χ3v) is 9.30. The molecule has 1 unspecified atom stereocenters. The maximum atomic E-state index is 14.2. The number of fused-ring (bicyclic) bond motifs is 9. The molecule has 0 saturated carbocycles. The van der Waals surface area contributed by atoms with Gasteiger partial charge < -0.3 is 35.5 Å². The maximum Gasteiger partial charge on any atom is 0.328 e. The summed E-state index contributed by atoms with van der Waals surface area (Å²) >= 11 is 0. The van der Waals surface area contributed by atoms with Crippen molar-refractivity contribution in [1.29, 1.82) is 5.41 Å². The van der Waals surface area contributed by atoms with E-state index < -0.39 is 41.8 Å². The van der Waals surface area contributed by atoms with Crippen molar-refractivity contribution in [2.45, 2.75) is 64.1 Å². The van der Waals surface area contributed by atoms with Crippen molar-refractivity contribution in [3.8, 4) is 22.6 Å². The van der Waals surface area contributed by atoms with Gasteiger partial charge in [-0.2, -0.15) is 0 Å². The molecule has 1 aliphatic heterocycles. The standard InChI is InChI=1S/C41H47N5O7/c1-24(42)43-20-12-19-32-39(48)46-33(41(50)53-5)18-11-8-15-28-21-26-13-6-9-16-30(26)35(37(28)51-3)36-31-17-10-7-14-27(31)22-29(38(36)52-4)23-34(40(49)45-32)44-25(2)47/h6-11,13-14,16-17,21-22,32-34H,12,15,18-20,23H2,1-5H3,(H2,42,43)(H,44,47)(H,45,49)(H,46,48)/t32-,33-,34?/m0/s1. The molecular formula is C41H47N5O7. The van der Waals surface area contributed by atoms with Crippen LogP contribution in [0.1, 0.15) is 44.2 Å². The molecule has 4 aromatic carbocycles. The van der Waals surface area contributed by atoms with Crippen molar-refractivity contribution in [2.24, 2.45) is 0 Å². The highest BCUT2D eigenvalue weighted by Crippen LogP contribution is 2.48. The number of carbonyl (C=O) groups excluding carboxylic acids is 4. The van der Waals surface area contributed by atoms with Crippen molar-refractivity contribution in [3.63, 3.8) is 0 Å². The second-order valence-electron chi connectivity index (χ2n) is 13.0. The number of nitrogens with one attached hydrogen (secondary N) is 5. The van der Waals surface area contributed by atoms with Gasteiger partial charge in [0.25, 0.3) is 0 Å². The predicted octanol–water partition coefficient (Wildman–Crippen LogP) is 4.74. The van der Waals surface area contributed by atoms with Crippen LogP contribution in [0.4, 0.5) is 0 Å². The number of hydrogen-bond donors (Lipinski definition) is 5. The summed E-state index contributed by atoms with van der Waals surface area (Å²) in [6.45, 7) is 3.33. The Balaban J connectivity index is 1.74. The summed E-state index contributed by atoms with van der Waals surface area (Å²) in [5.41, 5.74) is 3.14. The van der Waals surface area contributed by atoms with E-state index in [0.29, 0.717) is 36.4 Å². The average Bonchev–Trinajstić information content (AvgIpc) is 3.14. The van der Waals surface area contributed by atoms with Gasteiger partial charge in [0.15, 0.2) is 0 Å². The van der Waals surface area contributed by atoms with Crippen LogP contribution in [0.25, 0.3) is 32.7 Å². The van der Waals surface area contributed by atoms with Crippen molar-refractivity contribution in [1.82, 2.24) is 21.3 Å². The molecular weight excluding hydrogens is 674 g/mol. The minimum absolute atomic E-state index is 0.0305. The van der Waals surface area contributed by atoms with Gasteiger partial charge in [-0.3, -0.25) is 19.8 Å². The number of benzene rings is 4. The number of methoxy groups -OCH3 is 3. The number of esters is 1. The number of ether oxygens (including phenoxy) is 3. The molecule has 12 heteroatoms. The lowest BCUT2D eigenvalue weighted by Gasteiger charge is -2.26. The molecule has 3 atom stereocenters. The molecule has 278 valence electrons. The van der Waals surface area contributed by atoms with Crippen molar-refractivity contribution in [3.05, 3.63) is 83.9 Å². The van der Waals surface area contributed by atoms with Crippen molar-refractivity contribution < 1.29 is 33.4 Å². The quantitative estimate of drug-likeness (QED) is 0.0572. The van der Waals surface area contributed by atoms with E-state index in [0.717, 1.165) is 38.2 Å². The van der Waals surface area contributed by atoms with Crippen molar-refractivity contribution in [2.75, 3.05) is 27.9 Å². The Bertz CT molecular complexity index is 2060. The Morgan fingerprint density at radius 3 is 2.02 bits per heavy atom. The summed E-state index contributed by atoms with van der Waals surface area (Å²) < 4.78 is 17.5. The molecule has 1 aliphatic rings. The highest BCUT2D eigenvalue weighted by Gasteiger charge is 2.31. The van der Waals surface area contributed by atoms with Crippen LogP contribution in [0.2, 0.25) is 0 Å². The fourth-order valence-electron chi connectivity index (χ4n) is 6.91. The van der Waals surface area contributed by atoms with E-state index in [9.17, 15) is 19.2 Å². The van der Waals surface area contributed by atoms with Crippen molar-refractivity contribution >= 4 is 51.1 Å². The monoisotopic (exact) mass is 721 g/mol. The van der Waals surface area contributed by atoms with Gasteiger partial charge in [0.2, 0.25) is 17.7 Å². The summed E-state index contributed by atoms with van der Waals surface area (Å²) in [6.07, 6.45) is 4.97. The Hall–Kier alpha value is -5.91. The first-order valence-corrected chi connectivity index (χ1v) is 17.6. The minimum atomic E-state index is -1.10. The molecule has 1 heterocycles. The van der Waals surface area contributed by atoms with Gasteiger partial charge in [-0.15, -0.1) is 0 Å². The molecule has 3 amide bonds. The van der Waals surface area contributed by atoms with E-state index in [-0.39, 0.29) is 25.1 Å². The average molecular weight is 722 g/mol. The number of rotatable bonds is 8. The van der Waals surface area contributed by atoms with Crippen LogP contribution in [0.15, 0.2) is 72.8 Å². The predicted molar refractivity (Wildman–Crippen MR) is 205 cm³/mol. The van der Waals surface area contributed by atoms with E-state index in [1.54, 1.807) is 21.1 Å². The van der Waals surface area contributed by atoms with Crippen LogP contribution in [0.5, 0.6) is 11.5 Å². The molecule has 0 radical (unpaired) electrons. The lowest BCUT2D eigenvalue weighted by molar-refractivity contribution is -0.145. The van der Waals surface area contributed by atoms with E-state index >= 15 is 0 Å². The van der Waals surface area contributed by atoms with Crippen LogP contribution < -0.4 is 30.7 Å². The number of carbonyl (C=O) groups is 4. The fraction of sp³-hybridized carbons (Fsp3) is 0.341. The van der Waals surface area contributed by atoms with Crippen LogP contribution in [-0.2, 0) is 36.8 Å². The van der Waals surface area contributed by atoms with E-state index in [4.69, 9.17) is 19.6 Å². The van der Waals surface area contributed by atoms with Gasteiger partial charge in [0, 0.05) is 31.0 Å². The molecule has 12 nitrogen and oxygen atoms in total. The van der Waals surface area contributed by atoms with Gasteiger partial charge >= 0.3 is 5.97 Å². The Morgan fingerprint density at radius 2 is 1.43 bits per heavy atom. The molecule has 0 aliphatic carbocycles. The summed E-state index contributed by atoms with van der Waals surface area (Å²) in [4.78, 5) is 53.5. The Kier molecular flexibility index (Phi) is 12.7. The van der Waals surface area contributed by atoms with Gasteiger partial charge in [-0.25, -0.2) is 4.79 Å². The normalized spacial score (nSPS) is 17.9. The van der Waals surface area contributed by atoms with Crippen LogP contribution in [0, 0.1) is 5.41 Å². The van der Waals surface area contributed by atoms with Crippen LogP contribution >= 0.6 is 0 Å². The molecule has 4 aromatic rings. The number of allylic oxidation sites excluding steroid dienone is 1. The Morgan fingerprint density at radius 1 is 0.830 bits per heavy atom. The van der Waals surface area contributed by atoms with Crippen LogP contribution in [-0.4, -0.2) is 75.5 Å². The fourth-order valence-corrected chi connectivity index (χ4v) is 6.91. The first-order chi connectivity index (χ1) is 25.6. The molecule has 53 heavy (non-hydrogen) atoms. The largest absolute Gasteiger partial charge is 0.496 e. The van der Waals surface area contributed by atoms with E-state index in [2.05, 4.69) is 27.3 Å². The second-order valence-corrected chi connectivity index (χ2v) is 13.0. The number of amides is 3. The zero-order chi connectivity index (χ0) is 38.1. The summed E-state index contributed by atoms with van der Waals surface area (Å²) in [7, 11) is 4.46. The smallest absolute Gasteiger partial charge is 0.328 e. The van der Waals surface area contributed by atoms with E-state index in [1.165, 1.54) is 14.0 Å². The Labute approximate surface area is 309 Å². The highest BCUT2D eigenvalue weighted by molar-refractivity contribution is 6.11. The number of amidine groups is 1. The summed E-state index contributed by atoms with van der Waals surface area (Å²) in [6, 6.07) is 16.8. The molecule has 4 bridgehead atoms. The molecule has 5 N–H and O–H groups in total. The zero-order valence-corrected chi connectivity index (χ0v) is 30.8. The molecule has 5 rings (SSSR count). The topological polar surface area (TPSA) is 168 Å². The van der Waals surface area contributed by atoms with Crippen LogP contribution in [0.3, 0.4) is 0 Å². The lowest BCUT2D eigenvalue weighted by atomic mass is 9.87. The molecule has 0 saturated heterocycles. The summed E-state index contributed by atoms with van der Waals surface area (Å²) in [5.74, 6) is -0.810. The first kappa shape index (κ1) is 38.3. The summed E-state index contributed by atoms with van der Waals surface area (Å²) in [5, 5.41) is 22.7. The van der Waals surface area contributed by atoms with Gasteiger partial charge in [0.05, 0.1) is 27.2 Å². The lowest BCUT2D eigenvalue weighted by Crippen LogP contribution is -2.56. The minimum Gasteiger partial charge on any atom is -0.496 e. The highest BCUT2D eigenvalue weighted by atomic mass is 16.5. The van der Waals surface area contributed by atoms with Gasteiger partial charge in [-0.05, 0) is 77.4 Å². The molecule has 0 aromatic heterocycles. The van der Waals surface area contributed by atoms with Gasteiger partial charge in [-0.1, -0.05) is 60.7 Å². The maximum absolute atomic E-state index is 14.2. The zero-order valence-electron chi connectivity index (χ0n) is 30.8. The molecule has 0 fully saturated rings. The third-order valence-electron chi connectivity index (χ3n) is 9.30.